The van der Waals surface area contributed by atoms with Crippen molar-refractivity contribution in [1.29, 1.82) is 0 Å². The number of ether oxygens (including phenoxy) is 1. The van der Waals surface area contributed by atoms with Gasteiger partial charge in [0.1, 0.15) is 0 Å². The van der Waals surface area contributed by atoms with Gasteiger partial charge >= 0.3 is 0 Å². The van der Waals surface area contributed by atoms with Crippen LogP contribution in [0.25, 0.3) is 0 Å². The van der Waals surface area contributed by atoms with Crippen LogP contribution in [0.5, 0.6) is 0 Å². The van der Waals surface area contributed by atoms with Crippen molar-refractivity contribution >= 4 is 5.91 Å². The van der Waals surface area contributed by atoms with Crippen molar-refractivity contribution in [3.05, 3.63) is 0 Å². The molecule has 5 nitrogen and oxygen atoms in total. The van der Waals surface area contributed by atoms with E-state index in [4.69, 9.17) is 10.5 Å². The Bertz CT molecular complexity index is 460. The molecule has 3 fully saturated rings. The molecule has 0 aromatic heterocycles. The molecule has 0 aromatic carbocycles. The monoisotopic (exact) mass is 351 g/mol. The minimum absolute atomic E-state index is 0.0944. The summed E-state index contributed by atoms with van der Waals surface area (Å²) < 4.78 is 5.92. The van der Waals surface area contributed by atoms with E-state index in [0.29, 0.717) is 0 Å². The average Bonchev–Trinajstić information content (AvgIpc) is 2.59. The van der Waals surface area contributed by atoms with Gasteiger partial charge in [-0.15, -0.1) is 0 Å². The number of nitrogens with one attached hydrogen (secondary N) is 1. The maximum Gasteiger partial charge on any atom is 0.223 e. The predicted octanol–water partition coefficient (Wildman–Crippen LogP) is 2.43. The van der Waals surface area contributed by atoms with E-state index in [2.05, 4.69) is 24.1 Å². The molecule has 3 aliphatic rings. The van der Waals surface area contributed by atoms with Gasteiger partial charge in [0.15, 0.2) is 0 Å². The molecular weight excluding hydrogens is 314 g/mol. The number of hydrogen-bond donors (Lipinski definition) is 2. The summed E-state index contributed by atoms with van der Waals surface area (Å²) in [5.74, 6) is 0.345. The van der Waals surface area contributed by atoms with E-state index in [-0.39, 0.29) is 29.0 Å². The van der Waals surface area contributed by atoms with Gasteiger partial charge in [-0.25, -0.2) is 0 Å². The first-order valence-corrected chi connectivity index (χ1v) is 10.3. The molecule has 144 valence electrons. The van der Waals surface area contributed by atoms with Gasteiger partial charge in [0, 0.05) is 37.1 Å². The van der Waals surface area contributed by atoms with Gasteiger partial charge < -0.3 is 15.8 Å². The highest BCUT2D eigenvalue weighted by molar-refractivity contribution is 5.78. The number of rotatable bonds is 4. The summed E-state index contributed by atoms with van der Waals surface area (Å²) in [5, 5.41) is 3.33. The highest BCUT2D eigenvalue weighted by Gasteiger charge is 2.42. The van der Waals surface area contributed by atoms with Crippen LogP contribution in [0, 0.1) is 5.92 Å². The first-order chi connectivity index (χ1) is 11.9. The topological polar surface area (TPSA) is 67.6 Å². The first-order valence-electron chi connectivity index (χ1n) is 10.3. The van der Waals surface area contributed by atoms with Crippen molar-refractivity contribution in [2.24, 2.45) is 11.7 Å². The average molecular weight is 352 g/mol. The van der Waals surface area contributed by atoms with Crippen molar-refractivity contribution in [3.8, 4) is 0 Å². The van der Waals surface area contributed by atoms with E-state index in [1.54, 1.807) is 0 Å². The Morgan fingerprint density at radius 1 is 1.20 bits per heavy atom. The number of nitrogens with two attached hydrogens (primary N) is 1. The van der Waals surface area contributed by atoms with Gasteiger partial charge in [0.05, 0.1) is 12.2 Å². The van der Waals surface area contributed by atoms with E-state index in [1.807, 2.05) is 0 Å². The second-order valence-corrected chi connectivity index (χ2v) is 9.16. The molecule has 1 aliphatic heterocycles. The van der Waals surface area contributed by atoms with Crippen molar-refractivity contribution < 1.29 is 9.53 Å². The Labute approximate surface area is 153 Å². The van der Waals surface area contributed by atoms with E-state index in [9.17, 15) is 4.79 Å². The Kier molecular flexibility index (Phi) is 6.07. The van der Waals surface area contributed by atoms with Crippen LogP contribution in [0.4, 0.5) is 0 Å². The molecule has 25 heavy (non-hydrogen) atoms. The fourth-order valence-corrected chi connectivity index (χ4v) is 5.10. The molecule has 0 spiro atoms. The van der Waals surface area contributed by atoms with E-state index in [0.717, 1.165) is 51.9 Å². The number of carbonyl (C=O) groups excluding carboxylic acids is 1. The Morgan fingerprint density at radius 2 is 1.96 bits per heavy atom. The first kappa shape index (κ1) is 19.1. The largest absolute Gasteiger partial charge is 0.373 e. The Hall–Kier alpha value is -0.650. The van der Waals surface area contributed by atoms with E-state index < -0.39 is 0 Å². The lowest BCUT2D eigenvalue weighted by Crippen LogP contribution is -2.63. The van der Waals surface area contributed by atoms with Crippen molar-refractivity contribution in [1.82, 2.24) is 10.2 Å². The summed E-state index contributed by atoms with van der Waals surface area (Å²) in [6.45, 7) is 7.87. The van der Waals surface area contributed by atoms with Gasteiger partial charge in [-0.2, -0.15) is 0 Å². The summed E-state index contributed by atoms with van der Waals surface area (Å²) in [5.41, 5.74) is 6.09. The van der Waals surface area contributed by atoms with Crippen LogP contribution in [-0.4, -0.2) is 54.2 Å². The van der Waals surface area contributed by atoms with Gasteiger partial charge in [0.25, 0.3) is 0 Å². The minimum Gasteiger partial charge on any atom is -0.373 e. The standard InChI is InChI=1S/C20H37N3O2/c1-19(2)15-23(11-12-25-19)20(9-4-3-5-10-20)14-22-18(24)16-7-6-8-17(21)13-16/h16-17H,3-15,21H2,1-2H3,(H,22,24). The summed E-state index contributed by atoms with van der Waals surface area (Å²) in [7, 11) is 0. The third-order valence-corrected chi connectivity index (χ3v) is 6.56. The molecule has 2 saturated carbocycles. The Balaban J connectivity index is 1.63. The zero-order chi connectivity index (χ0) is 17.9. The van der Waals surface area contributed by atoms with Crippen LogP contribution in [0.2, 0.25) is 0 Å². The van der Waals surface area contributed by atoms with Crippen molar-refractivity contribution in [2.75, 3.05) is 26.2 Å². The predicted molar refractivity (Wildman–Crippen MR) is 100 cm³/mol. The fraction of sp³-hybridized carbons (Fsp3) is 0.950. The lowest BCUT2D eigenvalue weighted by molar-refractivity contribution is -0.132. The number of morpholine rings is 1. The van der Waals surface area contributed by atoms with Crippen LogP contribution in [0.1, 0.15) is 71.6 Å². The highest BCUT2D eigenvalue weighted by Crippen LogP contribution is 2.36. The van der Waals surface area contributed by atoms with Gasteiger partial charge in [-0.3, -0.25) is 9.69 Å². The number of carbonyl (C=O) groups is 1. The smallest absolute Gasteiger partial charge is 0.223 e. The quantitative estimate of drug-likeness (QED) is 0.816. The maximum absolute atomic E-state index is 12.7. The van der Waals surface area contributed by atoms with Crippen LogP contribution in [-0.2, 0) is 9.53 Å². The molecule has 2 unspecified atom stereocenters. The van der Waals surface area contributed by atoms with Crippen molar-refractivity contribution in [2.45, 2.75) is 88.8 Å². The summed E-state index contributed by atoms with van der Waals surface area (Å²) in [6.07, 6.45) is 10.2. The molecule has 1 amide bonds. The van der Waals surface area contributed by atoms with Crippen LogP contribution in [0.3, 0.4) is 0 Å². The zero-order valence-corrected chi connectivity index (χ0v) is 16.2. The van der Waals surface area contributed by atoms with Crippen LogP contribution < -0.4 is 11.1 Å². The van der Waals surface area contributed by atoms with Crippen molar-refractivity contribution in [3.63, 3.8) is 0 Å². The number of nitrogens with zero attached hydrogens (tertiary/aromatic N) is 1. The Morgan fingerprint density at radius 3 is 2.64 bits per heavy atom. The van der Waals surface area contributed by atoms with E-state index >= 15 is 0 Å². The molecule has 1 heterocycles. The third-order valence-electron chi connectivity index (χ3n) is 6.56. The molecule has 2 atom stereocenters. The van der Waals surface area contributed by atoms with Gasteiger partial charge in [0.2, 0.25) is 5.91 Å². The molecule has 0 bridgehead atoms. The number of amides is 1. The molecule has 3 rings (SSSR count). The van der Waals surface area contributed by atoms with Gasteiger partial charge in [-0.1, -0.05) is 25.7 Å². The zero-order valence-electron chi connectivity index (χ0n) is 16.2. The van der Waals surface area contributed by atoms with Crippen LogP contribution in [0.15, 0.2) is 0 Å². The summed E-state index contributed by atoms with van der Waals surface area (Å²) >= 11 is 0. The summed E-state index contributed by atoms with van der Waals surface area (Å²) in [4.78, 5) is 15.3. The highest BCUT2D eigenvalue weighted by atomic mass is 16.5. The minimum atomic E-state index is -0.0944. The molecule has 2 aliphatic carbocycles. The molecule has 3 N–H and O–H groups in total. The number of hydrogen-bond acceptors (Lipinski definition) is 4. The second kappa shape index (κ2) is 7.93. The molecule has 0 radical (unpaired) electrons. The summed E-state index contributed by atoms with van der Waals surface area (Å²) in [6, 6.07) is 0.202. The third kappa shape index (κ3) is 4.75. The molecule has 1 saturated heterocycles. The molecule has 5 heteroatoms. The molecular formula is C20H37N3O2. The second-order valence-electron chi connectivity index (χ2n) is 9.16. The maximum atomic E-state index is 12.7. The van der Waals surface area contributed by atoms with Gasteiger partial charge in [-0.05, 0) is 46.0 Å². The lowest BCUT2D eigenvalue weighted by atomic mass is 9.78. The fourth-order valence-electron chi connectivity index (χ4n) is 5.10. The lowest BCUT2D eigenvalue weighted by Gasteiger charge is -2.51. The SMILES string of the molecule is CC1(C)CN(C2(CNC(=O)C3CCCC(N)C3)CCCCC2)CCO1. The normalized spacial score (nSPS) is 32.9. The van der Waals surface area contributed by atoms with E-state index in [1.165, 1.54) is 32.1 Å². The molecule has 0 aromatic rings. The van der Waals surface area contributed by atoms with Crippen LogP contribution >= 0.6 is 0 Å².